The van der Waals surface area contributed by atoms with Gasteiger partial charge in [-0.15, -0.1) is 0 Å². The molecule has 0 saturated heterocycles. The van der Waals surface area contributed by atoms with Gasteiger partial charge in [0, 0.05) is 33.9 Å². The molecule has 1 aliphatic carbocycles. The first-order chi connectivity index (χ1) is 17.8. The van der Waals surface area contributed by atoms with Crippen molar-refractivity contribution in [3.8, 4) is 0 Å². The van der Waals surface area contributed by atoms with Crippen LogP contribution in [0.25, 0.3) is 0 Å². The standard InChI is InChI=1S/C35H38N2/c1-25-12-10-14-28(20-25)36(29-15-11-13-26(2)21-29)30-22-27(3)23-31(24-30)37-33-17-7-6-16-32(33)34(4)18-8-9-19-35(34,37)5/h6-7,10-17,20-24H,8-9,18-19H2,1-5H3. The van der Waals surface area contributed by atoms with Crippen molar-refractivity contribution in [3.05, 3.63) is 113 Å². The van der Waals surface area contributed by atoms with Gasteiger partial charge in [0.05, 0.1) is 5.54 Å². The lowest BCUT2D eigenvalue weighted by atomic mass is 9.61. The van der Waals surface area contributed by atoms with Gasteiger partial charge in [0.25, 0.3) is 0 Å². The van der Waals surface area contributed by atoms with Crippen molar-refractivity contribution in [2.75, 3.05) is 9.80 Å². The fourth-order valence-corrected chi connectivity index (χ4v) is 7.08. The number of hydrogen-bond acceptors (Lipinski definition) is 2. The third-order valence-corrected chi connectivity index (χ3v) is 9.09. The van der Waals surface area contributed by atoms with E-state index in [1.165, 1.54) is 76.4 Å². The lowest BCUT2D eigenvalue weighted by Crippen LogP contribution is -2.54. The van der Waals surface area contributed by atoms with E-state index in [0.29, 0.717) is 0 Å². The second-order valence-electron chi connectivity index (χ2n) is 11.7. The van der Waals surface area contributed by atoms with Crippen LogP contribution < -0.4 is 9.80 Å². The molecule has 2 atom stereocenters. The summed E-state index contributed by atoms with van der Waals surface area (Å²) in [6.45, 7) is 11.6. The van der Waals surface area contributed by atoms with Gasteiger partial charge in [0.1, 0.15) is 0 Å². The molecule has 4 aromatic carbocycles. The molecule has 2 aliphatic rings. The maximum Gasteiger partial charge on any atom is 0.0517 e. The fourth-order valence-electron chi connectivity index (χ4n) is 7.08. The van der Waals surface area contributed by atoms with Gasteiger partial charge in [-0.05, 0) is 111 Å². The summed E-state index contributed by atoms with van der Waals surface area (Å²) in [6, 6.07) is 34.0. The molecule has 0 amide bonds. The summed E-state index contributed by atoms with van der Waals surface area (Å²) in [4.78, 5) is 5.10. The zero-order valence-electron chi connectivity index (χ0n) is 22.9. The van der Waals surface area contributed by atoms with Crippen LogP contribution in [-0.2, 0) is 5.41 Å². The molecule has 1 aliphatic heterocycles. The Balaban J connectivity index is 1.56. The molecule has 0 spiro atoms. The van der Waals surface area contributed by atoms with Crippen molar-refractivity contribution in [1.29, 1.82) is 0 Å². The van der Waals surface area contributed by atoms with Crippen LogP contribution in [0.5, 0.6) is 0 Å². The van der Waals surface area contributed by atoms with E-state index >= 15 is 0 Å². The van der Waals surface area contributed by atoms with Crippen molar-refractivity contribution in [2.24, 2.45) is 0 Å². The predicted octanol–water partition coefficient (Wildman–Crippen LogP) is 9.82. The smallest absolute Gasteiger partial charge is 0.0517 e. The summed E-state index contributed by atoms with van der Waals surface area (Å²) < 4.78 is 0. The quantitative estimate of drug-likeness (QED) is 0.283. The van der Waals surface area contributed by atoms with Crippen LogP contribution in [0, 0.1) is 20.8 Å². The molecular formula is C35H38N2. The van der Waals surface area contributed by atoms with Crippen molar-refractivity contribution >= 4 is 28.4 Å². The normalized spacial score (nSPS) is 22.5. The van der Waals surface area contributed by atoms with Crippen LogP contribution in [0.3, 0.4) is 0 Å². The van der Waals surface area contributed by atoms with E-state index in [4.69, 9.17) is 0 Å². The Bertz CT molecular complexity index is 1420. The first kappa shape index (κ1) is 23.9. The molecule has 1 fully saturated rings. The van der Waals surface area contributed by atoms with Gasteiger partial charge in [-0.25, -0.2) is 0 Å². The molecule has 6 rings (SSSR count). The average Bonchev–Trinajstić information content (AvgIpc) is 3.08. The van der Waals surface area contributed by atoms with E-state index in [2.05, 4.69) is 135 Å². The van der Waals surface area contributed by atoms with Crippen molar-refractivity contribution in [3.63, 3.8) is 0 Å². The fraction of sp³-hybridized carbons (Fsp3) is 0.314. The molecule has 2 nitrogen and oxygen atoms in total. The lowest BCUT2D eigenvalue weighted by molar-refractivity contribution is 0.195. The Kier molecular flexibility index (Phi) is 5.67. The summed E-state index contributed by atoms with van der Waals surface area (Å²) in [5.41, 5.74) is 11.8. The highest BCUT2D eigenvalue weighted by molar-refractivity contribution is 5.83. The van der Waals surface area contributed by atoms with E-state index in [9.17, 15) is 0 Å². The zero-order chi connectivity index (χ0) is 25.8. The molecule has 4 aromatic rings. The van der Waals surface area contributed by atoms with Gasteiger partial charge >= 0.3 is 0 Å². The zero-order valence-corrected chi connectivity index (χ0v) is 22.9. The first-order valence-corrected chi connectivity index (χ1v) is 13.8. The van der Waals surface area contributed by atoms with Crippen LogP contribution in [0.4, 0.5) is 28.4 Å². The van der Waals surface area contributed by atoms with Gasteiger partial charge in [-0.3, -0.25) is 0 Å². The van der Waals surface area contributed by atoms with Crippen LogP contribution in [0.2, 0.25) is 0 Å². The van der Waals surface area contributed by atoms with Crippen molar-refractivity contribution < 1.29 is 0 Å². The Morgan fingerprint density at radius 1 is 0.622 bits per heavy atom. The Morgan fingerprint density at radius 3 is 1.92 bits per heavy atom. The highest BCUT2D eigenvalue weighted by Crippen LogP contribution is 2.61. The molecule has 0 aromatic heterocycles. The summed E-state index contributed by atoms with van der Waals surface area (Å²) >= 11 is 0. The van der Waals surface area contributed by atoms with Crippen LogP contribution >= 0.6 is 0 Å². The Morgan fingerprint density at radius 2 is 1.24 bits per heavy atom. The van der Waals surface area contributed by atoms with Crippen LogP contribution in [0.15, 0.2) is 91.0 Å². The monoisotopic (exact) mass is 486 g/mol. The maximum atomic E-state index is 2.68. The lowest BCUT2D eigenvalue weighted by Gasteiger charge is -2.50. The average molecular weight is 487 g/mol. The topological polar surface area (TPSA) is 6.48 Å². The number of anilines is 5. The van der Waals surface area contributed by atoms with E-state index in [1.807, 2.05) is 0 Å². The van der Waals surface area contributed by atoms with Crippen LogP contribution in [-0.4, -0.2) is 5.54 Å². The second kappa shape index (κ2) is 8.80. The van der Waals surface area contributed by atoms with E-state index < -0.39 is 0 Å². The highest BCUT2D eigenvalue weighted by atomic mass is 15.3. The number of aryl methyl sites for hydroxylation is 3. The van der Waals surface area contributed by atoms with Gasteiger partial charge < -0.3 is 9.80 Å². The minimum atomic E-state index is 0.0531. The van der Waals surface area contributed by atoms with E-state index in [1.54, 1.807) is 0 Å². The molecule has 2 heteroatoms. The summed E-state index contributed by atoms with van der Waals surface area (Å²) in [5, 5.41) is 0. The second-order valence-corrected chi connectivity index (χ2v) is 11.7. The van der Waals surface area contributed by atoms with Gasteiger partial charge in [-0.2, -0.15) is 0 Å². The number of benzene rings is 4. The number of fused-ring (bicyclic) bond motifs is 3. The molecule has 1 heterocycles. The number of nitrogens with zero attached hydrogens (tertiary/aromatic N) is 2. The maximum absolute atomic E-state index is 2.68. The number of hydrogen-bond donors (Lipinski definition) is 0. The van der Waals surface area contributed by atoms with Gasteiger partial charge in [0.2, 0.25) is 0 Å². The van der Waals surface area contributed by atoms with Crippen LogP contribution in [0.1, 0.15) is 61.8 Å². The molecule has 1 saturated carbocycles. The first-order valence-electron chi connectivity index (χ1n) is 13.8. The van der Waals surface area contributed by atoms with E-state index in [-0.39, 0.29) is 11.0 Å². The summed E-state index contributed by atoms with van der Waals surface area (Å²) in [6.07, 6.45) is 5.05. The predicted molar refractivity (Wildman–Crippen MR) is 158 cm³/mol. The minimum absolute atomic E-state index is 0.0531. The highest BCUT2D eigenvalue weighted by Gasteiger charge is 2.57. The third-order valence-electron chi connectivity index (χ3n) is 9.09. The SMILES string of the molecule is Cc1cccc(N(c2cccc(C)c2)c2cc(C)cc(N3c4ccccc4C4(C)CCCCC34C)c2)c1. The number of para-hydroxylation sites is 1. The largest absolute Gasteiger partial charge is 0.334 e. The van der Waals surface area contributed by atoms with Gasteiger partial charge in [-0.1, -0.05) is 62.2 Å². The van der Waals surface area contributed by atoms with Crippen molar-refractivity contribution in [1.82, 2.24) is 0 Å². The molecule has 188 valence electrons. The summed E-state index contributed by atoms with van der Waals surface area (Å²) in [5.74, 6) is 0. The molecule has 0 bridgehead atoms. The molecule has 2 unspecified atom stereocenters. The minimum Gasteiger partial charge on any atom is -0.334 e. The van der Waals surface area contributed by atoms with Crippen molar-refractivity contribution in [2.45, 2.75) is 71.3 Å². The Hall–Kier alpha value is -3.52. The van der Waals surface area contributed by atoms with E-state index in [0.717, 1.165) is 0 Å². The molecule has 0 N–H and O–H groups in total. The third kappa shape index (κ3) is 3.77. The number of rotatable bonds is 4. The molecular weight excluding hydrogens is 448 g/mol. The molecule has 37 heavy (non-hydrogen) atoms. The summed E-state index contributed by atoms with van der Waals surface area (Å²) in [7, 11) is 0. The Labute approximate surface area is 222 Å². The van der Waals surface area contributed by atoms with Gasteiger partial charge in [0.15, 0.2) is 0 Å². The molecule has 0 radical (unpaired) electrons.